The predicted molar refractivity (Wildman–Crippen MR) is 157 cm³/mol. The molecule has 3 amide bonds. The first-order valence-corrected chi connectivity index (χ1v) is 14.0. The van der Waals surface area contributed by atoms with Gasteiger partial charge in [-0.15, -0.1) is 0 Å². The molecule has 0 saturated carbocycles. The fraction of sp³-hybridized carbons (Fsp3) is 0.273. The summed E-state index contributed by atoms with van der Waals surface area (Å²) in [5.74, 6) is -2.35. The van der Waals surface area contributed by atoms with Gasteiger partial charge in [-0.2, -0.15) is 0 Å². The minimum absolute atomic E-state index is 0.0422. The van der Waals surface area contributed by atoms with E-state index in [1.54, 1.807) is 12.2 Å². The average molecular weight is 568 g/mol. The third-order valence-corrected chi connectivity index (χ3v) is 7.74. The van der Waals surface area contributed by atoms with E-state index in [0.29, 0.717) is 0 Å². The summed E-state index contributed by atoms with van der Waals surface area (Å²) in [6.45, 7) is 1.65. The van der Waals surface area contributed by atoms with Gasteiger partial charge in [0.15, 0.2) is 0 Å². The number of ether oxygens (including phenoxy) is 1. The summed E-state index contributed by atoms with van der Waals surface area (Å²) in [5.41, 5.74) is 5.16. The SMILES string of the molecule is C[C@@H]1NC(=O)[C@@H](NC(=O)OCC2c3ccccc3-c3ccccc32)C/C=C\CN([C@@H](Cc2ccccc2)C(=O)O)C1=O. The van der Waals surface area contributed by atoms with Gasteiger partial charge in [-0.05, 0) is 41.2 Å². The normalized spacial score (nSPS) is 20.1. The maximum atomic E-state index is 13.3. The number of carbonyl (C=O) groups is 4. The fourth-order valence-electron chi connectivity index (χ4n) is 5.60. The molecule has 216 valence electrons. The highest BCUT2D eigenvalue weighted by molar-refractivity contribution is 5.93. The molecule has 3 aromatic carbocycles. The Morgan fingerprint density at radius 3 is 2.21 bits per heavy atom. The molecule has 3 aromatic rings. The summed E-state index contributed by atoms with van der Waals surface area (Å²) in [7, 11) is 0. The highest BCUT2D eigenvalue weighted by atomic mass is 16.5. The van der Waals surface area contributed by atoms with Gasteiger partial charge >= 0.3 is 12.1 Å². The lowest BCUT2D eigenvalue weighted by molar-refractivity contribution is -0.150. The summed E-state index contributed by atoms with van der Waals surface area (Å²) < 4.78 is 5.60. The van der Waals surface area contributed by atoms with E-state index in [-0.39, 0.29) is 31.9 Å². The third-order valence-electron chi connectivity index (χ3n) is 7.74. The van der Waals surface area contributed by atoms with Crippen molar-refractivity contribution in [2.24, 2.45) is 0 Å². The van der Waals surface area contributed by atoms with Gasteiger partial charge in [-0.25, -0.2) is 9.59 Å². The molecule has 0 aromatic heterocycles. The number of hydrogen-bond acceptors (Lipinski definition) is 5. The first-order chi connectivity index (χ1) is 20.3. The van der Waals surface area contributed by atoms with Gasteiger partial charge in [0.05, 0.1) is 0 Å². The maximum absolute atomic E-state index is 13.3. The van der Waals surface area contributed by atoms with E-state index in [9.17, 15) is 24.3 Å². The number of rotatable bonds is 7. The van der Waals surface area contributed by atoms with Crippen LogP contribution in [0.1, 0.15) is 36.0 Å². The second kappa shape index (κ2) is 12.7. The lowest BCUT2D eigenvalue weighted by atomic mass is 9.98. The second-order valence-corrected chi connectivity index (χ2v) is 10.5. The number of carboxylic acid groups (broad SMARTS) is 1. The van der Waals surface area contributed by atoms with Crippen molar-refractivity contribution >= 4 is 23.9 Å². The Balaban J connectivity index is 1.24. The van der Waals surface area contributed by atoms with Crippen LogP contribution in [0.5, 0.6) is 0 Å². The smallest absolute Gasteiger partial charge is 0.407 e. The monoisotopic (exact) mass is 567 g/mol. The van der Waals surface area contributed by atoms with E-state index >= 15 is 0 Å². The van der Waals surface area contributed by atoms with E-state index in [1.807, 2.05) is 66.7 Å². The molecule has 0 saturated heterocycles. The topological polar surface area (TPSA) is 125 Å². The molecule has 0 radical (unpaired) electrons. The van der Waals surface area contributed by atoms with Crippen molar-refractivity contribution in [1.29, 1.82) is 0 Å². The lowest BCUT2D eigenvalue weighted by Gasteiger charge is -2.32. The molecule has 1 heterocycles. The molecule has 9 heteroatoms. The standard InChI is InChI=1S/C33H33N3O6/c1-21-31(38)36(29(32(39)40)19-22-11-3-2-4-12-22)18-10-9-17-28(30(37)34-21)35-33(41)42-20-27-25-15-7-5-13-23(25)24-14-6-8-16-26(24)27/h2-16,21,27-29H,17-20H2,1H3,(H,34,37)(H,35,41)(H,39,40)/b10-9-/t21-,28-,29-/m0/s1. The predicted octanol–water partition coefficient (Wildman–Crippen LogP) is 3.88. The number of amides is 3. The van der Waals surface area contributed by atoms with Crippen LogP contribution < -0.4 is 10.6 Å². The highest BCUT2D eigenvalue weighted by Gasteiger charge is 2.34. The molecule has 0 unspecified atom stereocenters. The van der Waals surface area contributed by atoms with Crippen LogP contribution in [0.15, 0.2) is 91.0 Å². The summed E-state index contributed by atoms with van der Waals surface area (Å²) in [6.07, 6.45) is 2.84. The molecule has 1 aliphatic carbocycles. The molecule has 3 atom stereocenters. The third kappa shape index (κ3) is 6.20. The Kier molecular flexibility index (Phi) is 8.66. The molecule has 5 rings (SSSR count). The Labute approximate surface area is 244 Å². The van der Waals surface area contributed by atoms with Crippen LogP contribution in [-0.4, -0.2) is 65.2 Å². The van der Waals surface area contributed by atoms with Crippen molar-refractivity contribution in [3.8, 4) is 11.1 Å². The Hall–Kier alpha value is -4.92. The molecule has 42 heavy (non-hydrogen) atoms. The maximum Gasteiger partial charge on any atom is 0.407 e. The van der Waals surface area contributed by atoms with E-state index in [1.165, 1.54) is 11.8 Å². The van der Waals surface area contributed by atoms with Crippen molar-refractivity contribution in [3.05, 3.63) is 108 Å². The molecule has 0 fully saturated rings. The van der Waals surface area contributed by atoms with Crippen LogP contribution in [0.4, 0.5) is 4.79 Å². The number of hydrogen-bond donors (Lipinski definition) is 3. The molecular formula is C33H33N3O6. The van der Waals surface area contributed by atoms with Crippen LogP contribution in [0.2, 0.25) is 0 Å². The Morgan fingerprint density at radius 1 is 0.952 bits per heavy atom. The number of nitrogens with zero attached hydrogens (tertiary/aromatic N) is 1. The number of fused-ring (bicyclic) bond motifs is 3. The molecule has 1 aliphatic heterocycles. The largest absolute Gasteiger partial charge is 0.480 e. The molecule has 2 aliphatic rings. The van der Waals surface area contributed by atoms with Crippen molar-refractivity contribution < 1.29 is 29.0 Å². The van der Waals surface area contributed by atoms with E-state index in [0.717, 1.165) is 27.8 Å². The van der Waals surface area contributed by atoms with Crippen LogP contribution in [0, 0.1) is 0 Å². The van der Waals surface area contributed by atoms with Gasteiger partial charge in [-0.3, -0.25) is 9.59 Å². The average Bonchev–Trinajstić information content (AvgIpc) is 3.31. The van der Waals surface area contributed by atoms with Crippen LogP contribution in [-0.2, 0) is 25.5 Å². The van der Waals surface area contributed by atoms with Gasteiger partial charge in [0.2, 0.25) is 11.8 Å². The molecule has 9 nitrogen and oxygen atoms in total. The lowest BCUT2D eigenvalue weighted by Crippen LogP contribution is -2.57. The number of alkyl carbamates (subject to hydrolysis) is 1. The molecule has 0 bridgehead atoms. The number of aliphatic carboxylic acids is 1. The van der Waals surface area contributed by atoms with Crippen molar-refractivity contribution in [2.75, 3.05) is 13.2 Å². The number of nitrogens with one attached hydrogen (secondary N) is 2. The van der Waals surface area contributed by atoms with Crippen LogP contribution >= 0.6 is 0 Å². The van der Waals surface area contributed by atoms with Crippen molar-refractivity contribution in [2.45, 2.75) is 43.8 Å². The van der Waals surface area contributed by atoms with Crippen molar-refractivity contribution in [3.63, 3.8) is 0 Å². The van der Waals surface area contributed by atoms with Gasteiger partial charge in [0.1, 0.15) is 24.7 Å². The summed E-state index contributed by atoms with van der Waals surface area (Å²) in [4.78, 5) is 52.7. The first kappa shape index (κ1) is 28.6. The van der Waals surface area contributed by atoms with Gasteiger partial charge in [-0.1, -0.05) is 91.0 Å². The van der Waals surface area contributed by atoms with Gasteiger partial charge in [0, 0.05) is 18.9 Å². The van der Waals surface area contributed by atoms with Gasteiger partial charge < -0.3 is 25.4 Å². The second-order valence-electron chi connectivity index (χ2n) is 10.5. The number of carboxylic acids is 1. The highest BCUT2D eigenvalue weighted by Crippen LogP contribution is 2.44. The zero-order valence-electron chi connectivity index (χ0n) is 23.2. The Morgan fingerprint density at radius 2 is 1.57 bits per heavy atom. The zero-order valence-corrected chi connectivity index (χ0v) is 23.2. The summed E-state index contributed by atoms with van der Waals surface area (Å²) in [5, 5.41) is 15.2. The van der Waals surface area contributed by atoms with Crippen LogP contribution in [0.3, 0.4) is 0 Å². The Bertz CT molecular complexity index is 1460. The summed E-state index contributed by atoms with van der Waals surface area (Å²) in [6, 6.07) is 22.0. The fourth-order valence-corrected chi connectivity index (χ4v) is 5.60. The first-order valence-electron chi connectivity index (χ1n) is 14.0. The number of carbonyl (C=O) groups excluding carboxylic acids is 3. The number of benzene rings is 3. The molecule has 0 spiro atoms. The minimum atomic E-state index is -1.13. The molecular weight excluding hydrogens is 534 g/mol. The van der Waals surface area contributed by atoms with E-state index in [2.05, 4.69) is 22.8 Å². The van der Waals surface area contributed by atoms with Crippen molar-refractivity contribution in [1.82, 2.24) is 15.5 Å². The zero-order chi connectivity index (χ0) is 29.6. The minimum Gasteiger partial charge on any atom is -0.480 e. The van der Waals surface area contributed by atoms with Gasteiger partial charge in [0.25, 0.3) is 0 Å². The van der Waals surface area contributed by atoms with E-state index < -0.39 is 42.0 Å². The summed E-state index contributed by atoms with van der Waals surface area (Å²) >= 11 is 0. The van der Waals surface area contributed by atoms with E-state index in [4.69, 9.17) is 4.74 Å². The van der Waals surface area contributed by atoms with Crippen LogP contribution in [0.25, 0.3) is 11.1 Å². The molecule has 3 N–H and O–H groups in total. The quantitative estimate of drug-likeness (QED) is 0.372.